The molecule has 3 rings (SSSR count). The molecular weight excluding hydrogens is 372 g/mol. The smallest absolute Gasteiger partial charge is 0.152 e. The molecular formula is C15H16BrClN2OS. The molecule has 1 aliphatic heterocycles. The first-order chi connectivity index (χ1) is 10.2. The van der Waals surface area contributed by atoms with Gasteiger partial charge in [0.2, 0.25) is 0 Å². The number of thiazole rings is 1. The molecule has 112 valence electrons. The number of hydrogen-bond donors (Lipinski definition) is 1. The number of fused-ring (bicyclic) bond motifs is 1. The van der Waals surface area contributed by atoms with Gasteiger partial charge in [0.05, 0.1) is 6.20 Å². The lowest BCUT2D eigenvalue weighted by atomic mass is 9.96. The standard InChI is InChI=1S/C15H16BrClN2OS/c1-2-5-18-11-7-13(15-19-8-14(17)21-15)20-12-6-9(16)3-4-10(11)12/h3-4,6,8,11,13,18H,2,5,7H2,1H3. The Morgan fingerprint density at radius 2 is 2.38 bits per heavy atom. The largest absolute Gasteiger partial charge is 0.483 e. The van der Waals surface area contributed by atoms with Crippen LogP contribution in [-0.2, 0) is 0 Å². The zero-order chi connectivity index (χ0) is 14.8. The molecule has 2 heterocycles. The summed E-state index contributed by atoms with van der Waals surface area (Å²) in [6, 6.07) is 6.49. The minimum atomic E-state index is -0.0429. The van der Waals surface area contributed by atoms with Gasteiger partial charge >= 0.3 is 0 Å². The van der Waals surface area contributed by atoms with Gasteiger partial charge in [-0.3, -0.25) is 0 Å². The second kappa shape index (κ2) is 6.65. The Kier molecular flexibility index (Phi) is 4.84. The molecule has 0 fully saturated rings. The Balaban J connectivity index is 1.91. The van der Waals surface area contributed by atoms with Gasteiger partial charge in [0.25, 0.3) is 0 Å². The highest BCUT2D eigenvalue weighted by atomic mass is 79.9. The van der Waals surface area contributed by atoms with Crippen LogP contribution in [0.1, 0.15) is 42.5 Å². The Bertz CT molecular complexity index is 634. The van der Waals surface area contributed by atoms with Crippen molar-refractivity contribution in [2.24, 2.45) is 0 Å². The number of halogens is 2. The predicted molar refractivity (Wildman–Crippen MR) is 90.3 cm³/mol. The number of nitrogens with one attached hydrogen (secondary N) is 1. The minimum absolute atomic E-state index is 0.0429. The summed E-state index contributed by atoms with van der Waals surface area (Å²) in [5, 5.41) is 4.54. The van der Waals surface area contributed by atoms with E-state index in [4.69, 9.17) is 16.3 Å². The van der Waals surface area contributed by atoms with Gasteiger partial charge in [-0.25, -0.2) is 4.98 Å². The van der Waals surface area contributed by atoms with E-state index in [1.54, 1.807) is 6.20 Å². The van der Waals surface area contributed by atoms with E-state index in [9.17, 15) is 0 Å². The van der Waals surface area contributed by atoms with Crippen LogP contribution < -0.4 is 10.1 Å². The summed E-state index contributed by atoms with van der Waals surface area (Å²) < 4.78 is 7.86. The zero-order valence-corrected chi connectivity index (χ0v) is 14.8. The van der Waals surface area contributed by atoms with Crippen LogP contribution in [0.2, 0.25) is 4.34 Å². The van der Waals surface area contributed by atoms with E-state index in [-0.39, 0.29) is 12.1 Å². The van der Waals surface area contributed by atoms with Gasteiger partial charge < -0.3 is 10.1 Å². The first-order valence-corrected chi connectivity index (χ1v) is 8.97. The molecule has 1 N–H and O–H groups in total. The van der Waals surface area contributed by atoms with Crippen molar-refractivity contribution < 1.29 is 4.74 Å². The summed E-state index contributed by atoms with van der Waals surface area (Å²) >= 11 is 11.0. The second-order valence-corrected chi connectivity index (χ2v) is 7.64. The number of ether oxygens (including phenoxy) is 1. The maximum absolute atomic E-state index is 6.14. The molecule has 1 aromatic heterocycles. The Morgan fingerprint density at radius 1 is 1.52 bits per heavy atom. The predicted octanol–water partition coefficient (Wildman–Crippen LogP) is 5.12. The van der Waals surface area contributed by atoms with Crippen molar-refractivity contribution in [2.75, 3.05) is 6.54 Å². The summed E-state index contributed by atoms with van der Waals surface area (Å²) in [7, 11) is 0. The first-order valence-electron chi connectivity index (χ1n) is 6.98. The van der Waals surface area contributed by atoms with Crippen LogP contribution in [0.15, 0.2) is 28.9 Å². The summed E-state index contributed by atoms with van der Waals surface area (Å²) in [6.45, 7) is 3.17. The van der Waals surface area contributed by atoms with Gasteiger partial charge in [-0.05, 0) is 25.1 Å². The van der Waals surface area contributed by atoms with Crippen LogP contribution in [0.3, 0.4) is 0 Å². The molecule has 0 spiro atoms. The van der Waals surface area contributed by atoms with Crippen molar-refractivity contribution in [1.29, 1.82) is 0 Å². The fourth-order valence-corrected chi connectivity index (χ4v) is 3.83. The third-order valence-corrected chi connectivity index (χ3v) is 5.18. The molecule has 0 amide bonds. The Labute approximate surface area is 141 Å². The molecule has 0 saturated heterocycles. The average Bonchev–Trinajstić information content (AvgIpc) is 2.90. The van der Waals surface area contributed by atoms with Crippen molar-refractivity contribution >= 4 is 38.9 Å². The van der Waals surface area contributed by atoms with Gasteiger partial charge in [-0.2, -0.15) is 0 Å². The third kappa shape index (κ3) is 3.42. The van der Waals surface area contributed by atoms with Crippen molar-refractivity contribution in [1.82, 2.24) is 10.3 Å². The van der Waals surface area contributed by atoms with Gasteiger partial charge in [-0.15, -0.1) is 11.3 Å². The Hall–Kier alpha value is -0.620. The van der Waals surface area contributed by atoms with Crippen LogP contribution in [0.4, 0.5) is 0 Å². The van der Waals surface area contributed by atoms with E-state index in [1.165, 1.54) is 16.9 Å². The van der Waals surface area contributed by atoms with Crippen molar-refractivity contribution in [3.63, 3.8) is 0 Å². The van der Waals surface area contributed by atoms with E-state index in [0.717, 1.165) is 34.6 Å². The van der Waals surface area contributed by atoms with Crippen molar-refractivity contribution in [3.8, 4) is 5.75 Å². The summed E-state index contributed by atoms with van der Waals surface area (Å²) in [5.74, 6) is 0.917. The molecule has 1 aliphatic rings. The molecule has 21 heavy (non-hydrogen) atoms. The number of nitrogens with zero attached hydrogens (tertiary/aromatic N) is 1. The number of rotatable bonds is 4. The van der Waals surface area contributed by atoms with Crippen LogP contribution in [0.5, 0.6) is 5.75 Å². The Morgan fingerprint density at radius 3 is 3.10 bits per heavy atom. The third-order valence-electron chi connectivity index (χ3n) is 3.48. The number of hydrogen-bond acceptors (Lipinski definition) is 4. The molecule has 2 atom stereocenters. The molecule has 2 aromatic rings. The summed E-state index contributed by atoms with van der Waals surface area (Å²) in [5.41, 5.74) is 1.21. The maximum atomic E-state index is 6.14. The van der Waals surface area contributed by atoms with Crippen LogP contribution >= 0.6 is 38.9 Å². The zero-order valence-electron chi connectivity index (χ0n) is 11.6. The lowest BCUT2D eigenvalue weighted by Gasteiger charge is -2.32. The van der Waals surface area contributed by atoms with Crippen molar-refractivity contribution in [2.45, 2.75) is 31.9 Å². The SMILES string of the molecule is CCCNC1CC(c2ncc(Cl)s2)Oc2cc(Br)ccc21. The van der Waals surface area contributed by atoms with Gasteiger partial charge in [-0.1, -0.05) is 40.5 Å². The fraction of sp³-hybridized carbons (Fsp3) is 0.400. The van der Waals surface area contributed by atoms with Crippen molar-refractivity contribution in [3.05, 3.63) is 43.8 Å². The molecule has 1 aromatic carbocycles. The van der Waals surface area contributed by atoms with E-state index in [0.29, 0.717) is 4.34 Å². The number of benzene rings is 1. The molecule has 0 saturated carbocycles. The lowest BCUT2D eigenvalue weighted by Crippen LogP contribution is -2.29. The first kappa shape index (κ1) is 15.3. The fourth-order valence-electron chi connectivity index (χ4n) is 2.52. The molecule has 0 radical (unpaired) electrons. The monoisotopic (exact) mass is 386 g/mol. The van der Waals surface area contributed by atoms with E-state index < -0.39 is 0 Å². The van der Waals surface area contributed by atoms with E-state index >= 15 is 0 Å². The summed E-state index contributed by atoms with van der Waals surface area (Å²) in [6.07, 6.45) is 3.63. The molecule has 0 aliphatic carbocycles. The quantitative estimate of drug-likeness (QED) is 0.790. The van der Waals surface area contributed by atoms with Gasteiger partial charge in [0, 0.05) is 22.5 Å². The second-order valence-electron chi connectivity index (χ2n) is 5.03. The summed E-state index contributed by atoms with van der Waals surface area (Å²) in [4.78, 5) is 4.37. The lowest BCUT2D eigenvalue weighted by molar-refractivity contribution is 0.151. The highest BCUT2D eigenvalue weighted by Gasteiger charge is 2.30. The van der Waals surface area contributed by atoms with Crippen LogP contribution in [0.25, 0.3) is 0 Å². The van der Waals surface area contributed by atoms with Crippen LogP contribution in [0, 0.1) is 0 Å². The molecule has 2 unspecified atom stereocenters. The molecule has 3 nitrogen and oxygen atoms in total. The molecule has 0 bridgehead atoms. The van der Waals surface area contributed by atoms with E-state index in [2.05, 4.69) is 45.3 Å². The van der Waals surface area contributed by atoms with Crippen LogP contribution in [-0.4, -0.2) is 11.5 Å². The maximum Gasteiger partial charge on any atom is 0.152 e. The molecule has 6 heteroatoms. The normalized spacial score (nSPS) is 20.9. The van der Waals surface area contributed by atoms with Gasteiger partial charge in [0.15, 0.2) is 6.10 Å². The van der Waals surface area contributed by atoms with E-state index in [1.807, 2.05) is 6.07 Å². The number of aromatic nitrogens is 1. The topological polar surface area (TPSA) is 34.2 Å². The minimum Gasteiger partial charge on any atom is -0.483 e. The average molecular weight is 388 g/mol. The highest BCUT2D eigenvalue weighted by Crippen LogP contribution is 2.43. The highest BCUT2D eigenvalue weighted by molar-refractivity contribution is 9.10. The van der Waals surface area contributed by atoms with Gasteiger partial charge in [0.1, 0.15) is 15.1 Å².